The lowest BCUT2D eigenvalue weighted by Gasteiger charge is -2.19. The van der Waals surface area contributed by atoms with Gasteiger partial charge < -0.3 is 9.47 Å². The van der Waals surface area contributed by atoms with E-state index < -0.39 is 0 Å². The molecule has 2 rings (SSSR count). The third-order valence-corrected chi connectivity index (χ3v) is 4.36. The van der Waals surface area contributed by atoms with Gasteiger partial charge in [0, 0.05) is 23.2 Å². The molecule has 0 saturated carbocycles. The smallest absolute Gasteiger partial charge is 0.165 e. The first kappa shape index (κ1) is 14.7. The minimum absolute atomic E-state index is 0.111. The van der Waals surface area contributed by atoms with Gasteiger partial charge in [0.2, 0.25) is 0 Å². The van der Waals surface area contributed by atoms with Crippen molar-refractivity contribution in [1.29, 1.82) is 0 Å². The molecule has 0 bridgehead atoms. The van der Waals surface area contributed by atoms with E-state index in [1.54, 1.807) is 0 Å². The van der Waals surface area contributed by atoms with E-state index >= 15 is 0 Å². The molecule has 1 aliphatic rings. The summed E-state index contributed by atoms with van der Waals surface area (Å²) in [4.78, 5) is 0. The van der Waals surface area contributed by atoms with Gasteiger partial charge in [-0.15, -0.1) is 0 Å². The summed E-state index contributed by atoms with van der Waals surface area (Å²) in [5.41, 5.74) is 1.15. The lowest BCUT2D eigenvalue weighted by molar-refractivity contribution is 0.130. The van der Waals surface area contributed by atoms with Crippen molar-refractivity contribution in [2.45, 2.75) is 45.6 Å². The second kappa shape index (κ2) is 6.17. The maximum atomic E-state index is 6.01. The van der Waals surface area contributed by atoms with Crippen molar-refractivity contribution >= 4 is 15.9 Å². The van der Waals surface area contributed by atoms with Crippen LogP contribution in [-0.4, -0.2) is 17.5 Å². The molecule has 0 N–H and O–H groups in total. The highest BCUT2D eigenvalue weighted by Gasteiger charge is 2.32. The minimum atomic E-state index is -0.111. The molecular formula is C16H23BrO2. The van der Waals surface area contributed by atoms with Crippen LogP contribution < -0.4 is 9.47 Å². The number of hydrogen-bond donors (Lipinski definition) is 0. The van der Waals surface area contributed by atoms with E-state index in [1.165, 1.54) is 18.4 Å². The van der Waals surface area contributed by atoms with Gasteiger partial charge in [0.25, 0.3) is 0 Å². The van der Waals surface area contributed by atoms with Crippen LogP contribution in [0.1, 0.15) is 39.2 Å². The Labute approximate surface area is 124 Å². The third kappa shape index (κ3) is 3.65. The molecular weight excluding hydrogens is 304 g/mol. The summed E-state index contributed by atoms with van der Waals surface area (Å²) in [6, 6.07) is 6.20. The number of rotatable bonds is 6. The summed E-state index contributed by atoms with van der Waals surface area (Å²) in [6.45, 7) is 7.20. The van der Waals surface area contributed by atoms with Gasteiger partial charge in [-0.1, -0.05) is 41.4 Å². The van der Waals surface area contributed by atoms with Crippen molar-refractivity contribution in [2.75, 3.05) is 11.9 Å². The predicted molar refractivity (Wildman–Crippen MR) is 82.5 cm³/mol. The Balaban J connectivity index is 2.05. The van der Waals surface area contributed by atoms with Crippen LogP contribution >= 0.6 is 15.9 Å². The lowest BCUT2D eigenvalue weighted by atomic mass is 10.0. The van der Waals surface area contributed by atoms with Gasteiger partial charge in [-0.05, 0) is 26.3 Å². The second-order valence-electron chi connectivity index (χ2n) is 5.90. The predicted octanol–water partition coefficient (Wildman–Crippen LogP) is 4.59. The van der Waals surface area contributed by atoms with Gasteiger partial charge in [0.1, 0.15) is 5.60 Å². The Hall–Kier alpha value is -0.700. The monoisotopic (exact) mass is 326 g/mol. The molecule has 1 unspecified atom stereocenters. The van der Waals surface area contributed by atoms with Gasteiger partial charge in [0.05, 0.1) is 6.61 Å². The summed E-state index contributed by atoms with van der Waals surface area (Å²) in [5, 5.41) is 0.988. The molecule has 0 spiro atoms. The van der Waals surface area contributed by atoms with E-state index in [2.05, 4.69) is 48.8 Å². The number of fused-ring (bicyclic) bond motifs is 1. The highest BCUT2D eigenvalue weighted by Crippen LogP contribution is 2.41. The highest BCUT2D eigenvalue weighted by molar-refractivity contribution is 9.09. The van der Waals surface area contributed by atoms with Crippen LogP contribution in [0.2, 0.25) is 0 Å². The standard InChI is InChI=1S/C16H23BrO2/c1-4-6-12(10-17)11-18-14-8-5-7-13-9-16(2,3)19-15(13)14/h5,7-8,12H,4,6,9-11H2,1-3H3. The van der Waals surface area contributed by atoms with E-state index in [9.17, 15) is 0 Å². The molecule has 19 heavy (non-hydrogen) atoms. The Morgan fingerprint density at radius 1 is 1.42 bits per heavy atom. The Kier molecular flexibility index (Phi) is 4.77. The molecule has 3 heteroatoms. The molecule has 106 valence electrons. The lowest BCUT2D eigenvalue weighted by Crippen LogP contribution is -2.24. The molecule has 1 aromatic rings. The van der Waals surface area contributed by atoms with Gasteiger partial charge in [-0.3, -0.25) is 0 Å². The van der Waals surface area contributed by atoms with Crippen molar-refractivity contribution in [3.8, 4) is 11.5 Å². The van der Waals surface area contributed by atoms with Crippen molar-refractivity contribution in [3.63, 3.8) is 0 Å². The van der Waals surface area contributed by atoms with Crippen LogP contribution in [0, 0.1) is 5.92 Å². The normalized spacial score (nSPS) is 17.7. The summed E-state index contributed by atoms with van der Waals surface area (Å²) in [5.74, 6) is 2.40. The van der Waals surface area contributed by atoms with Crippen LogP contribution in [0.15, 0.2) is 18.2 Å². The first-order chi connectivity index (χ1) is 9.05. The molecule has 0 aliphatic carbocycles. The molecule has 0 fully saturated rings. The summed E-state index contributed by atoms with van der Waals surface area (Å²) in [7, 11) is 0. The minimum Gasteiger partial charge on any atom is -0.489 e. The van der Waals surface area contributed by atoms with Crippen LogP contribution in [-0.2, 0) is 6.42 Å². The molecule has 0 saturated heterocycles. The Morgan fingerprint density at radius 3 is 2.89 bits per heavy atom. The van der Waals surface area contributed by atoms with Crippen molar-refractivity contribution in [2.24, 2.45) is 5.92 Å². The molecule has 0 aromatic heterocycles. The van der Waals surface area contributed by atoms with E-state index in [-0.39, 0.29) is 5.60 Å². The molecule has 1 atom stereocenters. The van der Waals surface area contributed by atoms with Gasteiger partial charge in [0.15, 0.2) is 11.5 Å². The van der Waals surface area contributed by atoms with E-state index in [0.717, 1.165) is 29.9 Å². The summed E-state index contributed by atoms with van der Waals surface area (Å²) >= 11 is 3.56. The molecule has 1 heterocycles. The Bertz CT molecular complexity index is 429. The molecule has 2 nitrogen and oxygen atoms in total. The van der Waals surface area contributed by atoms with E-state index in [4.69, 9.17) is 9.47 Å². The van der Waals surface area contributed by atoms with E-state index in [0.29, 0.717) is 5.92 Å². The molecule has 1 aliphatic heterocycles. The average Bonchev–Trinajstić information content (AvgIpc) is 2.68. The highest BCUT2D eigenvalue weighted by atomic mass is 79.9. The van der Waals surface area contributed by atoms with Gasteiger partial charge in [-0.2, -0.15) is 0 Å². The number of alkyl halides is 1. The van der Waals surface area contributed by atoms with Crippen molar-refractivity contribution in [1.82, 2.24) is 0 Å². The Morgan fingerprint density at radius 2 is 2.21 bits per heavy atom. The quantitative estimate of drug-likeness (QED) is 0.712. The number of benzene rings is 1. The maximum absolute atomic E-state index is 6.01. The van der Waals surface area contributed by atoms with Gasteiger partial charge in [-0.25, -0.2) is 0 Å². The first-order valence-electron chi connectivity index (χ1n) is 7.05. The maximum Gasteiger partial charge on any atom is 0.165 e. The zero-order chi connectivity index (χ0) is 13.9. The fraction of sp³-hybridized carbons (Fsp3) is 0.625. The SMILES string of the molecule is CCCC(CBr)COc1cccc2c1OC(C)(C)C2. The topological polar surface area (TPSA) is 18.5 Å². The van der Waals surface area contributed by atoms with Crippen LogP contribution in [0.5, 0.6) is 11.5 Å². The average molecular weight is 327 g/mol. The first-order valence-corrected chi connectivity index (χ1v) is 8.17. The number of hydrogen-bond acceptors (Lipinski definition) is 2. The fourth-order valence-electron chi connectivity index (χ4n) is 2.52. The van der Waals surface area contributed by atoms with Crippen LogP contribution in [0.4, 0.5) is 0 Å². The zero-order valence-corrected chi connectivity index (χ0v) is 13.6. The molecule has 0 amide bonds. The zero-order valence-electron chi connectivity index (χ0n) is 12.0. The third-order valence-electron chi connectivity index (χ3n) is 3.44. The van der Waals surface area contributed by atoms with Crippen LogP contribution in [0.25, 0.3) is 0 Å². The number of para-hydroxylation sites is 1. The van der Waals surface area contributed by atoms with E-state index in [1.807, 2.05) is 6.07 Å². The largest absolute Gasteiger partial charge is 0.489 e. The van der Waals surface area contributed by atoms with Crippen LogP contribution in [0.3, 0.4) is 0 Å². The number of ether oxygens (including phenoxy) is 2. The van der Waals surface area contributed by atoms with Crippen molar-refractivity contribution in [3.05, 3.63) is 23.8 Å². The molecule has 0 radical (unpaired) electrons. The summed E-state index contributed by atoms with van der Waals surface area (Å²) < 4.78 is 12.0. The number of halogens is 1. The molecule has 1 aromatic carbocycles. The fourth-order valence-corrected chi connectivity index (χ4v) is 3.03. The van der Waals surface area contributed by atoms with Crippen molar-refractivity contribution < 1.29 is 9.47 Å². The summed E-state index contributed by atoms with van der Waals surface area (Å²) in [6.07, 6.45) is 3.33. The second-order valence-corrected chi connectivity index (χ2v) is 6.55. The van der Waals surface area contributed by atoms with Gasteiger partial charge >= 0.3 is 0 Å².